The summed E-state index contributed by atoms with van der Waals surface area (Å²) in [6, 6.07) is 1.98. The summed E-state index contributed by atoms with van der Waals surface area (Å²) in [7, 11) is 0. The molecule has 0 amide bonds. The average molecular weight is 267 g/mol. The Bertz CT molecular complexity index is 390. The minimum atomic E-state index is 0.0138. The molecule has 0 aliphatic carbocycles. The van der Waals surface area contributed by atoms with Gasteiger partial charge in [-0.15, -0.1) is 6.58 Å². The van der Waals surface area contributed by atoms with Gasteiger partial charge in [-0.3, -0.25) is 4.98 Å². The third kappa shape index (κ3) is 4.79. The van der Waals surface area contributed by atoms with E-state index < -0.39 is 0 Å². The van der Waals surface area contributed by atoms with E-state index in [1.165, 1.54) is 0 Å². The van der Waals surface area contributed by atoms with Crippen LogP contribution in [0, 0.1) is 11.3 Å². The second kappa shape index (κ2) is 6.91. The normalized spacial score (nSPS) is 14.5. The van der Waals surface area contributed by atoms with Gasteiger partial charge in [0.15, 0.2) is 0 Å². The highest BCUT2D eigenvalue weighted by atomic mass is 35.5. The quantitative estimate of drug-likeness (QED) is 0.761. The molecule has 0 spiro atoms. The van der Waals surface area contributed by atoms with Crippen molar-refractivity contribution in [2.24, 2.45) is 11.3 Å². The van der Waals surface area contributed by atoms with Crippen molar-refractivity contribution in [3.8, 4) is 0 Å². The molecule has 3 heteroatoms. The maximum absolute atomic E-state index is 6.15. The fourth-order valence-corrected chi connectivity index (χ4v) is 2.02. The molecule has 0 saturated heterocycles. The first-order chi connectivity index (χ1) is 8.47. The lowest BCUT2D eigenvalue weighted by molar-refractivity contribution is 0.378. The van der Waals surface area contributed by atoms with E-state index in [4.69, 9.17) is 11.6 Å². The van der Waals surface area contributed by atoms with E-state index in [0.717, 1.165) is 30.1 Å². The Morgan fingerprint density at radius 2 is 2.28 bits per heavy atom. The maximum Gasteiger partial charge on any atom is 0.0621 e. The molecule has 1 aromatic rings. The van der Waals surface area contributed by atoms with Crippen LogP contribution in [0.5, 0.6) is 0 Å². The van der Waals surface area contributed by atoms with Crippen molar-refractivity contribution in [1.29, 1.82) is 0 Å². The zero-order chi connectivity index (χ0) is 13.6. The fourth-order valence-electron chi connectivity index (χ4n) is 1.84. The van der Waals surface area contributed by atoms with Gasteiger partial charge in [-0.1, -0.05) is 38.4 Å². The minimum Gasteiger partial charge on any atom is -0.316 e. The molecule has 100 valence electrons. The molecule has 1 atom stereocenters. The molecule has 0 aromatic carbocycles. The average Bonchev–Trinajstić information content (AvgIpc) is 2.32. The second-order valence-corrected chi connectivity index (χ2v) is 5.93. The van der Waals surface area contributed by atoms with Crippen LogP contribution in [-0.2, 0) is 6.42 Å². The number of pyridine rings is 1. The van der Waals surface area contributed by atoms with Crippen LogP contribution >= 0.6 is 11.6 Å². The monoisotopic (exact) mass is 266 g/mol. The molecule has 1 unspecified atom stereocenters. The summed E-state index contributed by atoms with van der Waals surface area (Å²) < 4.78 is 0. The number of halogens is 1. The number of aromatic nitrogens is 1. The number of nitrogens with one attached hydrogen (secondary N) is 1. The Morgan fingerprint density at radius 3 is 2.83 bits per heavy atom. The van der Waals surface area contributed by atoms with Crippen molar-refractivity contribution in [3.63, 3.8) is 0 Å². The van der Waals surface area contributed by atoms with E-state index in [1.54, 1.807) is 12.4 Å². The molecule has 1 rings (SSSR count). The van der Waals surface area contributed by atoms with Gasteiger partial charge in [0.05, 0.1) is 5.02 Å². The van der Waals surface area contributed by atoms with Gasteiger partial charge in [-0.2, -0.15) is 0 Å². The van der Waals surface area contributed by atoms with Crippen molar-refractivity contribution < 1.29 is 0 Å². The molecule has 0 aliphatic rings. The van der Waals surface area contributed by atoms with Gasteiger partial charge in [0.25, 0.3) is 0 Å². The number of rotatable bonds is 7. The van der Waals surface area contributed by atoms with Crippen molar-refractivity contribution >= 4 is 11.6 Å². The standard InChI is InChI=1S/C15H23ClN2/c1-5-15(4,11-18-9-12(2)3)8-13-6-7-17-10-14(13)16/h5-7,10,12,18H,1,8-9,11H2,2-4H3. The highest BCUT2D eigenvalue weighted by Crippen LogP contribution is 2.26. The van der Waals surface area contributed by atoms with Gasteiger partial charge in [-0.05, 0) is 30.5 Å². The van der Waals surface area contributed by atoms with Crippen LogP contribution in [0.1, 0.15) is 26.3 Å². The van der Waals surface area contributed by atoms with E-state index in [0.29, 0.717) is 5.92 Å². The van der Waals surface area contributed by atoms with Crippen molar-refractivity contribution in [1.82, 2.24) is 10.3 Å². The van der Waals surface area contributed by atoms with E-state index in [2.05, 4.69) is 37.7 Å². The Hall–Kier alpha value is -0.860. The maximum atomic E-state index is 6.15. The van der Waals surface area contributed by atoms with Gasteiger partial charge in [0.2, 0.25) is 0 Å². The fraction of sp³-hybridized carbons (Fsp3) is 0.533. The second-order valence-electron chi connectivity index (χ2n) is 5.53. The molecule has 0 radical (unpaired) electrons. The van der Waals surface area contributed by atoms with Gasteiger partial charge in [-0.25, -0.2) is 0 Å². The molecular weight excluding hydrogens is 244 g/mol. The Kier molecular flexibility index (Phi) is 5.83. The first-order valence-electron chi connectivity index (χ1n) is 6.39. The van der Waals surface area contributed by atoms with Crippen LogP contribution in [0.25, 0.3) is 0 Å². The summed E-state index contributed by atoms with van der Waals surface area (Å²) in [5, 5.41) is 4.22. The molecule has 2 nitrogen and oxygen atoms in total. The molecular formula is C15H23ClN2. The third-order valence-corrected chi connectivity index (χ3v) is 3.37. The van der Waals surface area contributed by atoms with Crippen LogP contribution in [0.4, 0.5) is 0 Å². The molecule has 0 saturated carbocycles. The smallest absolute Gasteiger partial charge is 0.0621 e. The van der Waals surface area contributed by atoms with Gasteiger partial charge >= 0.3 is 0 Å². The van der Waals surface area contributed by atoms with Crippen LogP contribution in [0.15, 0.2) is 31.1 Å². The summed E-state index contributed by atoms with van der Waals surface area (Å²) >= 11 is 6.15. The molecule has 18 heavy (non-hydrogen) atoms. The van der Waals surface area contributed by atoms with Crippen LogP contribution < -0.4 is 5.32 Å². The predicted molar refractivity (Wildman–Crippen MR) is 79.0 cm³/mol. The predicted octanol–water partition coefficient (Wildman–Crippen LogP) is 3.72. The lowest BCUT2D eigenvalue weighted by Crippen LogP contribution is -2.34. The number of nitrogens with zero attached hydrogens (tertiary/aromatic N) is 1. The molecule has 1 heterocycles. The van der Waals surface area contributed by atoms with Crippen molar-refractivity contribution in [2.75, 3.05) is 13.1 Å². The molecule has 0 aliphatic heterocycles. The molecule has 1 N–H and O–H groups in total. The molecule has 1 aromatic heterocycles. The Labute approximate surface area is 115 Å². The SMILES string of the molecule is C=CC(C)(CNCC(C)C)Cc1ccncc1Cl. The van der Waals surface area contributed by atoms with E-state index in [1.807, 2.05) is 12.1 Å². The summed E-state index contributed by atoms with van der Waals surface area (Å²) in [6.45, 7) is 12.5. The highest BCUT2D eigenvalue weighted by Gasteiger charge is 2.21. The van der Waals surface area contributed by atoms with E-state index in [-0.39, 0.29) is 5.41 Å². The van der Waals surface area contributed by atoms with E-state index in [9.17, 15) is 0 Å². The third-order valence-electron chi connectivity index (χ3n) is 3.02. The molecule has 0 fully saturated rings. The summed E-state index contributed by atoms with van der Waals surface area (Å²) in [6.07, 6.45) is 6.37. The summed E-state index contributed by atoms with van der Waals surface area (Å²) in [4.78, 5) is 4.01. The lowest BCUT2D eigenvalue weighted by Gasteiger charge is -2.27. The van der Waals surface area contributed by atoms with Gasteiger partial charge < -0.3 is 5.32 Å². The first kappa shape index (κ1) is 15.2. The summed E-state index contributed by atoms with van der Waals surface area (Å²) in [5.41, 5.74) is 1.14. The number of hydrogen-bond acceptors (Lipinski definition) is 2. The number of hydrogen-bond donors (Lipinski definition) is 1. The zero-order valence-corrected chi connectivity index (χ0v) is 12.3. The Morgan fingerprint density at radius 1 is 1.56 bits per heavy atom. The van der Waals surface area contributed by atoms with Crippen molar-refractivity contribution in [2.45, 2.75) is 27.2 Å². The van der Waals surface area contributed by atoms with Crippen LogP contribution in [0.2, 0.25) is 5.02 Å². The largest absolute Gasteiger partial charge is 0.316 e. The van der Waals surface area contributed by atoms with Crippen LogP contribution in [0.3, 0.4) is 0 Å². The first-order valence-corrected chi connectivity index (χ1v) is 6.77. The molecule has 0 bridgehead atoms. The van der Waals surface area contributed by atoms with Crippen molar-refractivity contribution in [3.05, 3.63) is 41.7 Å². The highest BCUT2D eigenvalue weighted by molar-refractivity contribution is 6.31. The van der Waals surface area contributed by atoms with Crippen LogP contribution in [-0.4, -0.2) is 18.1 Å². The van der Waals surface area contributed by atoms with Gasteiger partial charge in [0, 0.05) is 24.4 Å². The Balaban J connectivity index is 2.65. The lowest BCUT2D eigenvalue weighted by atomic mass is 9.83. The van der Waals surface area contributed by atoms with E-state index >= 15 is 0 Å². The van der Waals surface area contributed by atoms with Gasteiger partial charge in [0.1, 0.15) is 0 Å². The minimum absolute atomic E-state index is 0.0138. The zero-order valence-electron chi connectivity index (χ0n) is 11.5. The topological polar surface area (TPSA) is 24.9 Å². The summed E-state index contributed by atoms with van der Waals surface area (Å²) in [5.74, 6) is 0.656.